The van der Waals surface area contributed by atoms with Crippen LogP contribution in [0, 0.1) is 5.92 Å². The fourth-order valence-corrected chi connectivity index (χ4v) is 3.33. The Morgan fingerprint density at radius 3 is 3.23 bits per heavy atom. The molecule has 1 aromatic carbocycles. The van der Waals surface area contributed by atoms with Crippen molar-refractivity contribution >= 4 is 11.8 Å². The molecule has 0 radical (unpaired) electrons. The van der Waals surface area contributed by atoms with Gasteiger partial charge in [0.15, 0.2) is 0 Å². The highest BCUT2D eigenvalue weighted by atomic mass is 32.2. The van der Waals surface area contributed by atoms with Gasteiger partial charge in [-0.3, -0.25) is 5.43 Å². The maximum atomic E-state index is 3.35. The molecule has 3 rings (SSSR count). The Balaban J connectivity index is 2.06. The zero-order valence-corrected chi connectivity index (χ0v) is 8.10. The van der Waals surface area contributed by atoms with Crippen LogP contribution in [0.15, 0.2) is 29.2 Å². The molecule has 3 heteroatoms. The summed E-state index contributed by atoms with van der Waals surface area (Å²) in [4.78, 5) is 1.44. The molecule has 0 amide bonds. The molecule has 0 aliphatic carbocycles. The van der Waals surface area contributed by atoms with Crippen molar-refractivity contribution in [2.45, 2.75) is 10.9 Å². The number of hydrogen-bond acceptors (Lipinski definition) is 3. The van der Waals surface area contributed by atoms with Gasteiger partial charge in [-0.2, -0.15) is 0 Å². The highest BCUT2D eigenvalue weighted by Crippen LogP contribution is 2.40. The van der Waals surface area contributed by atoms with Gasteiger partial charge in [-0.15, -0.1) is 11.8 Å². The first-order valence-electron chi connectivity index (χ1n) is 4.65. The van der Waals surface area contributed by atoms with Crippen molar-refractivity contribution in [3.05, 3.63) is 29.8 Å². The fraction of sp³-hybridized carbons (Fsp3) is 0.400. The number of hydrazine groups is 1. The van der Waals surface area contributed by atoms with Crippen LogP contribution in [0.4, 0.5) is 0 Å². The monoisotopic (exact) mass is 192 g/mol. The average Bonchev–Trinajstić information content (AvgIpc) is 2.65. The number of rotatable bonds is 0. The summed E-state index contributed by atoms with van der Waals surface area (Å²) in [5.74, 6) is 2.00. The predicted octanol–water partition coefficient (Wildman–Crippen LogP) is 1.56. The van der Waals surface area contributed by atoms with Crippen LogP contribution < -0.4 is 10.9 Å². The van der Waals surface area contributed by atoms with Gasteiger partial charge in [0.1, 0.15) is 0 Å². The van der Waals surface area contributed by atoms with Gasteiger partial charge in [-0.05, 0) is 11.6 Å². The van der Waals surface area contributed by atoms with Crippen molar-refractivity contribution < 1.29 is 0 Å². The van der Waals surface area contributed by atoms with E-state index < -0.39 is 0 Å². The Hall–Kier alpha value is -0.510. The fourth-order valence-electron chi connectivity index (χ4n) is 2.09. The first-order chi connectivity index (χ1) is 6.45. The maximum absolute atomic E-state index is 3.35. The third-order valence-corrected chi connectivity index (χ3v) is 4.08. The Morgan fingerprint density at radius 2 is 2.23 bits per heavy atom. The molecule has 0 spiro atoms. The van der Waals surface area contributed by atoms with Gasteiger partial charge < -0.3 is 0 Å². The number of nitrogens with one attached hydrogen (secondary N) is 2. The summed E-state index contributed by atoms with van der Waals surface area (Å²) in [6, 6.07) is 9.24. The van der Waals surface area contributed by atoms with Crippen LogP contribution in [0.5, 0.6) is 0 Å². The summed E-state index contributed by atoms with van der Waals surface area (Å²) in [6.45, 7) is 1.10. The van der Waals surface area contributed by atoms with Crippen LogP contribution in [0.2, 0.25) is 0 Å². The first kappa shape index (κ1) is 7.85. The van der Waals surface area contributed by atoms with Crippen LogP contribution in [0.1, 0.15) is 11.6 Å². The summed E-state index contributed by atoms with van der Waals surface area (Å²) >= 11 is 1.99. The molecule has 1 aromatic rings. The quantitative estimate of drug-likeness (QED) is 0.652. The largest absolute Gasteiger partial charge is 0.257 e. The highest BCUT2D eigenvalue weighted by Gasteiger charge is 2.33. The lowest BCUT2D eigenvalue weighted by atomic mass is 9.96. The molecule has 2 unspecified atom stereocenters. The minimum absolute atomic E-state index is 0.539. The van der Waals surface area contributed by atoms with Crippen LogP contribution in [0.25, 0.3) is 0 Å². The Bertz CT molecular complexity index is 326. The van der Waals surface area contributed by atoms with Gasteiger partial charge >= 0.3 is 0 Å². The Labute approximate surface area is 82.1 Å². The van der Waals surface area contributed by atoms with Gasteiger partial charge in [-0.25, -0.2) is 5.43 Å². The van der Waals surface area contributed by atoms with Crippen molar-refractivity contribution in [2.24, 2.45) is 5.92 Å². The lowest BCUT2D eigenvalue weighted by Gasteiger charge is -2.26. The molecule has 68 valence electrons. The molecule has 0 aromatic heterocycles. The SMILES string of the molecule is c1ccc2c(c1)SCC1CNNC21. The Morgan fingerprint density at radius 1 is 1.31 bits per heavy atom. The van der Waals surface area contributed by atoms with E-state index in [-0.39, 0.29) is 0 Å². The number of thioether (sulfide) groups is 1. The molecule has 1 saturated heterocycles. The molecule has 2 aliphatic rings. The summed E-state index contributed by atoms with van der Waals surface area (Å²) in [5.41, 5.74) is 8.06. The molecule has 2 atom stereocenters. The molecule has 1 fully saturated rings. The van der Waals surface area contributed by atoms with Crippen molar-refractivity contribution in [3.63, 3.8) is 0 Å². The van der Waals surface area contributed by atoms with Gasteiger partial charge in [-0.1, -0.05) is 18.2 Å². The minimum Gasteiger partial charge on any atom is -0.257 e. The molecule has 0 saturated carbocycles. The van der Waals surface area contributed by atoms with E-state index in [2.05, 4.69) is 35.1 Å². The number of benzene rings is 1. The second-order valence-electron chi connectivity index (χ2n) is 3.61. The predicted molar refractivity (Wildman–Crippen MR) is 54.5 cm³/mol. The smallest absolute Gasteiger partial charge is 0.0522 e. The topological polar surface area (TPSA) is 24.1 Å². The van der Waals surface area contributed by atoms with Gasteiger partial charge in [0.2, 0.25) is 0 Å². The van der Waals surface area contributed by atoms with Crippen LogP contribution in [-0.2, 0) is 0 Å². The first-order valence-corrected chi connectivity index (χ1v) is 5.64. The number of fused-ring (bicyclic) bond motifs is 3. The Kier molecular flexibility index (Phi) is 1.82. The zero-order chi connectivity index (χ0) is 8.67. The summed E-state index contributed by atoms with van der Waals surface area (Å²) in [7, 11) is 0. The van der Waals surface area contributed by atoms with E-state index in [4.69, 9.17) is 0 Å². The summed E-state index contributed by atoms with van der Waals surface area (Å²) in [5, 5.41) is 0. The third kappa shape index (κ3) is 1.19. The molecular weight excluding hydrogens is 180 g/mol. The van der Waals surface area contributed by atoms with E-state index in [1.54, 1.807) is 0 Å². The molecule has 2 N–H and O–H groups in total. The van der Waals surface area contributed by atoms with Crippen molar-refractivity contribution in [1.82, 2.24) is 10.9 Å². The van der Waals surface area contributed by atoms with E-state index >= 15 is 0 Å². The molecule has 2 aliphatic heterocycles. The van der Waals surface area contributed by atoms with Crippen LogP contribution in [-0.4, -0.2) is 12.3 Å². The lowest BCUT2D eigenvalue weighted by molar-refractivity contribution is 0.499. The standard InChI is InChI=1S/C10H12N2S/c1-2-4-9-8(3-1)10-7(6-13-9)5-11-12-10/h1-4,7,10-12H,5-6H2. The van der Waals surface area contributed by atoms with Crippen molar-refractivity contribution in [2.75, 3.05) is 12.3 Å². The second kappa shape index (κ2) is 3.01. The van der Waals surface area contributed by atoms with E-state index in [1.165, 1.54) is 16.2 Å². The minimum atomic E-state index is 0.539. The average molecular weight is 192 g/mol. The maximum Gasteiger partial charge on any atom is 0.0522 e. The molecule has 13 heavy (non-hydrogen) atoms. The van der Waals surface area contributed by atoms with Crippen molar-refractivity contribution in [1.29, 1.82) is 0 Å². The second-order valence-corrected chi connectivity index (χ2v) is 4.67. The van der Waals surface area contributed by atoms with E-state index in [0.29, 0.717) is 6.04 Å². The van der Waals surface area contributed by atoms with Crippen LogP contribution >= 0.6 is 11.8 Å². The summed E-state index contributed by atoms with van der Waals surface area (Å²) < 4.78 is 0. The van der Waals surface area contributed by atoms with Gasteiger partial charge in [0.05, 0.1) is 6.04 Å². The lowest BCUT2D eigenvalue weighted by Crippen LogP contribution is -2.26. The zero-order valence-electron chi connectivity index (χ0n) is 7.29. The molecule has 2 heterocycles. The third-order valence-electron chi connectivity index (χ3n) is 2.80. The van der Waals surface area contributed by atoms with Crippen LogP contribution in [0.3, 0.4) is 0 Å². The normalized spacial score (nSPS) is 31.1. The number of hydrogen-bond donors (Lipinski definition) is 2. The van der Waals surface area contributed by atoms with Crippen molar-refractivity contribution in [3.8, 4) is 0 Å². The highest BCUT2D eigenvalue weighted by molar-refractivity contribution is 7.99. The summed E-state index contributed by atoms with van der Waals surface area (Å²) in [6.07, 6.45) is 0. The van der Waals surface area contributed by atoms with Gasteiger partial charge in [0.25, 0.3) is 0 Å². The van der Waals surface area contributed by atoms with E-state index in [1.807, 2.05) is 11.8 Å². The van der Waals surface area contributed by atoms with Gasteiger partial charge in [0, 0.05) is 23.1 Å². The van der Waals surface area contributed by atoms with E-state index in [9.17, 15) is 0 Å². The van der Waals surface area contributed by atoms with E-state index in [0.717, 1.165) is 12.5 Å². The molecule has 0 bridgehead atoms. The molecular formula is C10H12N2S. The molecule has 2 nitrogen and oxygen atoms in total.